The van der Waals surface area contributed by atoms with E-state index >= 15 is 0 Å². The van der Waals surface area contributed by atoms with Crippen LogP contribution < -0.4 is 0 Å². The van der Waals surface area contributed by atoms with Crippen molar-refractivity contribution in [2.24, 2.45) is 0 Å². The molecule has 88 valence electrons. The van der Waals surface area contributed by atoms with E-state index in [0.29, 0.717) is 0 Å². The lowest BCUT2D eigenvalue weighted by Gasteiger charge is -2.19. The largest absolute Gasteiger partial charge is 0.479 e. The van der Waals surface area contributed by atoms with Gasteiger partial charge in [0.25, 0.3) is 0 Å². The number of aromatic nitrogens is 2. The molecule has 4 nitrogen and oxygen atoms in total. The Labute approximate surface area is 99.5 Å². The molecule has 1 aromatic carbocycles. The van der Waals surface area contributed by atoms with Crippen LogP contribution in [-0.4, -0.2) is 20.9 Å². The summed E-state index contributed by atoms with van der Waals surface area (Å²) in [5, 5.41) is 13.4. The smallest absolute Gasteiger partial charge is 0.331 e. The van der Waals surface area contributed by atoms with Crippen molar-refractivity contribution in [3.8, 4) is 11.3 Å². The van der Waals surface area contributed by atoms with E-state index in [1.54, 1.807) is 20.0 Å². The second kappa shape index (κ2) is 4.05. The molecule has 17 heavy (non-hydrogen) atoms. The highest BCUT2D eigenvalue weighted by molar-refractivity contribution is 5.75. The van der Waals surface area contributed by atoms with Crippen LogP contribution in [0.3, 0.4) is 0 Å². The van der Waals surface area contributed by atoms with Gasteiger partial charge in [0.2, 0.25) is 0 Å². The maximum atomic E-state index is 11.1. The third-order valence-electron chi connectivity index (χ3n) is 2.75. The lowest BCUT2D eigenvalue weighted by Crippen LogP contribution is -2.36. The Kier molecular flexibility index (Phi) is 2.71. The maximum absolute atomic E-state index is 11.1. The van der Waals surface area contributed by atoms with E-state index in [1.165, 1.54) is 4.68 Å². The highest BCUT2D eigenvalue weighted by atomic mass is 16.4. The van der Waals surface area contributed by atoms with Gasteiger partial charge in [-0.25, -0.2) is 4.79 Å². The van der Waals surface area contributed by atoms with Crippen molar-refractivity contribution in [3.05, 3.63) is 42.6 Å². The zero-order chi connectivity index (χ0) is 12.5. The maximum Gasteiger partial charge on any atom is 0.331 e. The molecule has 0 aliphatic heterocycles. The Morgan fingerprint density at radius 1 is 1.24 bits per heavy atom. The zero-order valence-electron chi connectivity index (χ0n) is 9.79. The van der Waals surface area contributed by atoms with Crippen LogP contribution in [0.25, 0.3) is 11.3 Å². The van der Waals surface area contributed by atoms with Gasteiger partial charge in [-0.1, -0.05) is 30.3 Å². The van der Waals surface area contributed by atoms with Gasteiger partial charge < -0.3 is 5.11 Å². The Morgan fingerprint density at radius 3 is 2.47 bits per heavy atom. The predicted molar refractivity (Wildman–Crippen MR) is 64.6 cm³/mol. The van der Waals surface area contributed by atoms with Crippen LogP contribution in [0.5, 0.6) is 0 Å². The highest BCUT2D eigenvalue weighted by Gasteiger charge is 2.30. The molecule has 4 heteroatoms. The number of hydrogen-bond donors (Lipinski definition) is 1. The van der Waals surface area contributed by atoms with E-state index in [9.17, 15) is 4.79 Å². The molecule has 0 spiro atoms. The number of benzene rings is 1. The van der Waals surface area contributed by atoms with E-state index in [-0.39, 0.29) is 0 Å². The minimum Gasteiger partial charge on any atom is -0.479 e. The van der Waals surface area contributed by atoms with E-state index < -0.39 is 11.5 Å². The molecule has 0 radical (unpaired) electrons. The van der Waals surface area contributed by atoms with Crippen molar-refractivity contribution >= 4 is 5.97 Å². The third-order valence-corrected chi connectivity index (χ3v) is 2.75. The average Bonchev–Trinajstić information content (AvgIpc) is 2.80. The summed E-state index contributed by atoms with van der Waals surface area (Å²) < 4.78 is 1.47. The predicted octanol–water partition coefficient (Wildman–Crippen LogP) is 2.37. The molecule has 0 aliphatic rings. The first-order valence-electron chi connectivity index (χ1n) is 5.37. The van der Waals surface area contributed by atoms with Crippen molar-refractivity contribution in [2.45, 2.75) is 19.4 Å². The van der Waals surface area contributed by atoms with Crippen LogP contribution in [0.2, 0.25) is 0 Å². The lowest BCUT2D eigenvalue weighted by molar-refractivity contribution is -0.146. The molecule has 0 bridgehead atoms. The summed E-state index contributed by atoms with van der Waals surface area (Å²) in [5.74, 6) is -0.903. The monoisotopic (exact) mass is 230 g/mol. The van der Waals surface area contributed by atoms with Crippen molar-refractivity contribution in [1.82, 2.24) is 9.78 Å². The molecule has 1 aromatic heterocycles. The molecule has 0 unspecified atom stereocenters. The summed E-state index contributed by atoms with van der Waals surface area (Å²) in [6, 6.07) is 11.5. The summed E-state index contributed by atoms with van der Waals surface area (Å²) >= 11 is 0. The number of carbonyl (C=O) groups is 1. The number of nitrogens with zero attached hydrogens (tertiary/aromatic N) is 2. The van der Waals surface area contributed by atoms with E-state index in [1.807, 2.05) is 36.4 Å². The van der Waals surface area contributed by atoms with E-state index in [4.69, 9.17) is 5.11 Å². The minimum atomic E-state index is -1.03. The molecule has 0 amide bonds. The summed E-state index contributed by atoms with van der Waals surface area (Å²) in [5.41, 5.74) is 0.722. The van der Waals surface area contributed by atoms with Crippen molar-refractivity contribution < 1.29 is 9.90 Å². The van der Waals surface area contributed by atoms with Crippen LogP contribution >= 0.6 is 0 Å². The van der Waals surface area contributed by atoms with E-state index in [2.05, 4.69) is 5.10 Å². The van der Waals surface area contributed by atoms with Gasteiger partial charge in [-0.3, -0.25) is 4.68 Å². The number of hydrogen-bond acceptors (Lipinski definition) is 2. The minimum absolute atomic E-state index is 0.778. The number of aliphatic carboxylic acids is 1. The van der Waals surface area contributed by atoms with Gasteiger partial charge in [-0.15, -0.1) is 0 Å². The Bertz CT molecular complexity index is 529. The van der Waals surface area contributed by atoms with Crippen LogP contribution in [0.15, 0.2) is 42.6 Å². The third kappa shape index (κ3) is 2.06. The molecule has 0 fully saturated rings. The molecule has 0 saturated carbocycles. The SMILES string of the molecule is CC(C)(C(=O)O)n1ccc(-c2ccccc2)n1. The standard InChI is InChI=1S/C13H14N2O2/c1-13(2,12(16)17)15-9-8-11(14-15)10-6-4-3-5-7-10/h3-9H,1-2H3,(H,16,17). The molecule has 0 atom stereocenters. The summed E-state index contributed by atoms with van der Waals surface area (Å²) in [4.78, 5) is 11.1. The molecule has 0 saturated heterocycles. The second-order valence-electron chi connectivity index (χ2n) is 4.38. The molecule has 2 aromatic rings. The molecule has 1 heterocycles. The summed E-state index contributed by atoms with van der Waals surface area (Å²) in [7, 11) is 0. The van der Waals surface area contributed by atoms with E-state index in [0.717, 1.165) is 11.3 Å². The van der Waals surface area contributed by atoms with Crippen molar-refractivity contribution in [3.63, 3.8) is 0 Å². The Hall–Kier alpha value is -2.10. The first kappa shape index (κ1) is 11.4. The summed E-state index contributed by atoms with van der Waals surface area (Å²) in [6.07, 6.45) is 1.69. The van der Waals surface area contributed by atoms with Crippen LogP contribution in [0.1, 0.15) is 13.8 Å². The quantitative estimate of drug-likeness (QED) is 0.880. The first-order valence-corrected chi connectivity index (χ1v) is 5.37. The molecular weight excluding hydrogens is 216 g/mol. The first-order chi connectivity index (χ1) is 8.01. The molecule has 2 rings (SSSR count). The fourth-order valence-electron chi connectivity index (χ4n) is 1.50. The zero-order valence-corrected chi connectivity index (χ0v) is 9.79. The normalized spacial score (nSPS) is 11.4. The van der Waals surface area contributed by atoms with Gasteiger partial charge in [0.05, 0.1) is 5.69 Å². The fourth-order valence-corrected chi connectivity index (χ4v) is 1.50. The number of carboxylic acid groups (broad SMARTS) is 1. The Morgan fingerprint density at radius 2 is 1.88 bits per heavy atom. The van der Waals surface area contributed by atoms with Gasteiger partial charge >= 0.3 is 5.97 Å². The van der Waals surface area contributed by atoms with Gasteiger partial charge in [-0.05, 0) is 19.9 Å². The van der Waals surface area contributed by atoms with Crippen LogP contribution in [0, 0.1) is 0 Å². The number of rotatable bonds is 3. The topological polar surface area (TPSA) is 55.1 Å². The lowest BCUT2D eigenvalue weighted by atomic mass is 10.1. The van der Waals surface area contributed by atoms with Crippen molar-refractivity contribution in [1.29, 1.82) is 0 Å². The fraction of sp³-hybridized carbons (Fsp3) is 0.231. The van der Waals surface area contributed by atoms with Gasteiger partial charge in [0.15, 0.2) is 5.54 Å². The van der Waals surface area contributed by atoms with Gasteiger partial charge in [0.1, 0.15) is 0 Å². The average molecular weight is 230 g/mol. The second-order valence-corrected chi connectivity index (χ2v) is 4.38. The summed E-state index contributed by atoms with van der Waals surface area (Å²) in [6.45, 7) is 3.24. The number of carboxylic acids is 1. The molecule has 0 aliphatic carbocycles. The highest BCUT2D eigenvalue weighted by Crippen LogP contribution is 2.20. The van der Waals surface area contributed by atoms with Crippen LogP contribution in [-0.2, 0) is 10.3 Å². The van der Waals surface area contributed by atoms with Crippen molar-refractivity contribution in [2.75, 3.05) is 0 Å². The van der Waals surface area contributed by atoms with Gasteiger partial charge in [-0.2, -0.15) is 5.10 Å². The molecular formula is C13H14N2O2. The Balaban J connectivity index is 2.38. The van der Waals surface area contributed by atoms with Gasteiger partial charge in [0, 0.05) is 11.8 Å². The molecule has 1 N–H and O–H groups in total. The van der Waals surface area contributed by atoms with Crippen LogP contribution in [0.4, 0.5) is 0 Å².